The molecule has 0 saturated carbocycles. The van der Waals surface area contributed by atoms with Crippen molar-refractivity contribution in [3.8, 4) is 0 Å². The molecule has 56 valence electrons. The minimum atomic E-state index is 0.0774. The van der Waals surface area contributed by atoms with Crippen molar-refractivity contribution in [1.82, 2.24) is 0 Å². The zero-order valence-corrected chi connectivity index (χ0v) is 5.96. The number of methoxy groups -OCH3 is 1. The molecule has 0 aliphatic heterocycles. The van der Waals surface area contributed by atoms with Crippen LogP contribution in [-0.2, 0) is 9.47 Å². The minimum Gasteiger partial charge on any atom is -0.394 e. The summed E-state index contributed by atoms with van der Waals surface area (Å²) in [5, 5.41) is 8.32. The van der Waals surface area contributed by atoms with Gasteiger partial charge in [-0.15, -0.1) is 0 Å². The largest absolute Gasteiger partial charge is 0.394 e. The maximum atomic E-state index is 8.32. The van der Waals surface area contributed by atoms with Crippen molar-refractivity contribution in [1.29, 1.82) is 0 Å². The third-order valence-electron chi connectivity index (χ3n) is 0.895. The van der Waals surface area contributed by atoms with E-state index in [9.17, 15) is 0 Å². The van der Waals surface area contributed by atoms with Crippen LogP contribution in [0.25, 0.3) is 0 Å². The third kappa shape index (κ3) is 5.76. The average Bonchev–Trinajstić information content (AvgIpc) is 1.85. The van der Waals surface area contributed by atoms with Crippen molar-refractivity contribution in [2.75, 3.05) is 26.9 Å². The maximum absolute atomic E-state index is 8.32. The fourth-order valence-electron chi connectivity index (χ4n) is 0.537. The summed E-state index contributed by atoms with van der Waals surface area (Å²) in [5.74, 6) is 0. The van der Waals surface area contributed by atoms with Gasteiger partial charge < -0.3 is 14.6 Å². The van der Waals surface area contributed by atoms with Gasteiger partial charge in [0.15, 0.2) is 0 Å². The predicted octanol–water partition coefficient (Wildman–Crippen LogP) is 0.0302. The molecule has 0 amide bonds. The molecular weight excluding hydrogens is 120 g/mol. The number of ether oxygens (including phenoxy) is 2. The van der Waals surface area contributed by atoms with Gasteiger partial charge in [0.05, 0.1) is 25.9 Å². The van der Waals surface area contributed by atoms with Crippen LogP contribution in [0.4, 0.5) is 0 Å². The smallest absolute Gasteiger partial charge is 0.0781 e. The lowest BCUT2D eigenvalue weighted by molar-refractivity contribution is -0.00529. The molecule has 0 radical (unpaired) electrons. The molecule has 0 rings (SSSR count). The summed E-state index contributed by atoms with van der Waals surface area (Å²) in [6.45, 7) is 2.96. The fraction of sp³-hybridized carbons (Fsp3) is 1.00. The van der Waals surface area contributed by atoms with Crippen LogP contribution in [0, 0.1) is 0 Å². The van der Waals surface area contributed by atoms with Crippen LogP contribution in [0.5, 0.6) is 0 Å². The number of aliphatic hydroxyl groups is 1. The van der Waals surface area contributed by atoms with E-state index in [4.69, 9.17) is 14.6 Å². The summed E-state index contributed by atoms with van der Waals surface area (Å²) in [4.78, 5) is 0. The van der Waals surface area contributed by atoms with E-state index in [1.54, 1.807) is 7.11 Å². The molecule has 0 bridgehead atoms. The van der Waals surface area contributed by atoms with Crippen LogP contribution >= 0.6 is 0 Å². The second-order valence-electron chi connectivity index (χ2n) is 1.86. The van der Waals surface area contributed by atoms with Gasteiger partial charge in [0.25, 0.3) is 0 Å². The molecule has 0 spiro atoms. The second kappa shape index (κ2) is 6.01. The molecule has 1 atom stereocenters. The molecule has 0 saturated heterocycles. The summed E-state index contributed by atoms with van der Waals surface area (Å²) in [6.07, 6.45) is 0.0853. The van der Waals surface area contributed by atoms with Crippen LogP contribution in [0.3, 0.4) is 0 Å². The van der Waals surface area contributed by atoms with Crippen molar-refractivity contribution in [2.24, 2.45) is 0 Å². The van der Waals surface area contributed by atoms with Gasteiger partial charge in [0, 0.05) is 7.11 Å². The van der Waals surface area contributed by atoms with E-state index in [1.165, 1.54) is 0 Å². The lowest BCUT2D eigenvalue weighted by atomic mass is 10.4. The van der Waals surface area contributed by atoms with Gasteiger partial charge in [0.1, 0.15) is 0 Å². The third-order valence-corrected chi connectivity index (χ3v) is 0.895. The van der Waals surface area contributed by atoms with Crippen molar-refractivity contribution >= 4 is 0 Å². The Kier molecular flexibility index (Phi) is 5.93. The molecule has 9 heavy (non-hydrogen) atoms. The fourth-order valence-corrected chi connectivity index (χ4v) is 0.537. The molecule has 3 nitrogen and oxygen atoms in total. The zero-order valence-electron chi connectivity index (χ0n) is 5.96. The van der Waals surface area contributed by atoms with Gasteiger partial charge in [0.2, 0.25) is 0 Å². The molecule has 0 aromatic carbocycles. The summed E-state index contributed by atoms with van der Waals surface area (Å²) >= 11 is 0. The Bertz CT molecular complexity index is 56.3. The standard InChI is InChI=1S/C6H14O3/c1-6(5-8-2)9-4-3-7/h6-7H,3-5H2,1-2H3/t6-/m1/s1. The van der Waals surface area contributed by atoms with Crippen LogP contribution < -0.4 is 0 Å². The topological polar surface area (TPSA) is 38.7 Å². The second-order valence-corrected chi connectivity index (χ2v) is 1.86. The monoisotopic (exact) mass is 134 g/mol. The minimum absolute atomic E-state index is 0.0774. The quantitative estimate of drug-likeness (QED) is 0.576. The average molecular weight is 134 g/mol. The first-order valence-corrected chi connectivity index (χ1v) is 3.02. The summed E-state index contributed by atoms with van der Waals surface area (Å²) in [5.41, 5.74) is 0. The SMILES string of the molecule is COC[C@@H](C)OCCO. The highest BCUT2D eigenvalue weighted by atomic mass is 16.5. The normalized spacial score (nSPS) is 13.7. The van der Waals surface area contributed by atoms with Crippen molar-refractivity contribution in [3.63, 3.8) is 0 Å². The number of hydrogen-bond donors (Lipinski definition) is 1. The lowest BCUT2D eigenvalue weighted by Gasteiger charge is -2.09. The van der Waals surface area contributed by atoms with Gasteiger partial charge in [-0.25, -0.2) is 0 Å². The van der Waals surface area contributed by atoms with Gasteiger partial charge in [-0.1, -0.05) is 0 Å². The molecule has 0 unspecified atom stereocenters. The summed E-state index contributed by atoms with van der Waals surface area (Å²) < 4.78 is 9.85. The predicted molar refractivity (Wildman–Crippen MR) is 34.4 cm³/mol. The van der Waals surface area contributed by atoms with E-state index in [1.807, 2.05) is 6.92 Å². The highest BCUT2D eigenvalue weighted by molar-refractivity contribution is 4.44. The molecular formula is C6H14O3. The molecule has 0 aromatic rings. The van der Waals surface area contributed by atoms with E-state index in [-0.39, 0.29) is 12.7 Å². The van der Waals surface area contributed by atoms with Gasteiger partial charge in [-0.05, 0) is 6.92 Å². The first kappa shape index (κ1) is 8.88. The molecule has 0 aliphatic rings. The molecule has 0 fully saturated rings. The van der Waals surface area contributed by atoms with Gasteiger partial charge >= 0.3 is 0 Å². The van der Waals surface area contributed by atoms with E-state index in [0.29, 0.717) is 13.2 Å². The van der Waals surface area contributed by atoms with E-state index >= 15 is 0 Å². The van der Waals surface area contributed by atoms with E-state index in [2.05, 4.69) is 0 Å². The van der Waals surface area contributed by atoms with Gasteiger partial charge in [-0.2, -0.15) is 0 Å². The number of aliphatic hydroxyl groups excluding tert-OH is 1. The van der Waals surface area contributed by atoms with Crippen LogP contribution in [0.1, 0.15) is 6.92 Å². The molecule has 0 aromatic heterocycles. The first-order chi connectivity index (χ1) is 4.31. The molecule has 1 N–H and O–H groups in total. The van der Waals surface area contributed by atoms with E-state index < -0.39 is 0 Å². The molecule has 0 heterocycles. The van der Waals surface area contributed by atoms with Crippen molar-refractivity contribution in [3.05, 3.63) is 0 Å². The Hall–Kier alpha value is -0.120. The molecule has 0 aliphatic carbocycles. The van der Waals surface area contributed by atoms with Crippen molar-refractivity contribution < 1.29 is 14.6 Å². The Morgan fingerprint density at radius 2 is 2.22 bits per heavy atom. The van der Waals surface area contributed by atoms with Crippen LogP contribution in [0.15, 0.2) is 0 Å². The van der Waals surface area contributed by atoms with Crippen LogP contribution in [-0.4, -0.2) is 38.1 Å². The maximum Gasteiger partial charge on any atom is 0.0781 e. The Labute approximate surface area is 55.6 Å². The van der Waals surface area contributed by atoms with E-state index in [0.717, 1.165) is 0 Å². The Morgan fingerprint density at radius 1 is 1.56 bits per heavy atom. The van der Waals surface area contributed by atoms with Crippen molar-refractivity contribution in [2.45, 2.75) is 13.0 Å². The highest BCUT2D eigenvalue weighted by Crippen LogP contribution is 1.88. The summed E-state index contributed by atoms with van der Waals surface area (Å²) in [6, 6.07) is 0. The Balaban J connectivity index is 2.95. The molecule has 3 heteroatoms. The lowest BCUT2D eigenvalue weighted by Crippen LogP contribution is -2.16. The zero-order chi connectivity index (χ0) is 7.11. The van der Waals surface area contributed by atoms with Gasteiger partial charge in [-0.3, -0.25) is 0 Å². The Morgan fingerprint density at radius 3 is 2.67 bits per heavy atom. The number of hydrogen-bond acceptors (Lipinski definition) is 3. The first-order valence-electron chi connectivity index (χ1n) is 3.02. The number of rotatable bonds is 5. The van der Waals surface area contributed by atoms with Crippen LogP contribution in [0.2, 0.25) is 0 Å². The summed E-state index contributed by atoms with van der Waals surface area (Å²) in [7, 11) is 1.62. The highest BCUT2D eigenvalue weighted by Gasteiger charge is 1.97.